The fourth-order valence-electron chi connectivity index (χ4n) is 2.95. The molecular weight excluding hydrogens is 281 g/mol. The Kier molecular flexibility index (Phi) is 5.70. The summed E-state index contributed by atoms with van der Waals surface area (Å²) in [6.07, 6.45) is 1.25. The smallest absolute Gasteiger partial charge is 0.144 e. The average Bonchev–Trinajstić information content (AvgIpc) is 2.49. The van der Waals surface area contributed by atoms with E-state index in [0.717, 1.165) is 31.5 Å². The molecule has 1 aliphatic rings. The van der Waals surface area contributed by atoms with Gasteiger partial charge in [0.1, 0.15) is 11.6 Å². The number of aliphatic hydroxyl groups excluding tert-OH is 1. The van der Waals surface area contributed by atoms with Gasteiger partial charge in [0.2, 0.25) is 0 Å². The van der Waals surface area contributed by atoms with E-state index >= 15 is 0 Å². The van der Waals surface area contributed by atoms with Gasteiger partial charge >= 0.3 is 0 Å². The Morgan fingerprint density at radius 1 is 1.36 bits per heavy atom. The predicted molar refractivity (Wildman–Crippen MR) is 85.4 cm³/mol. The molecule has 4 heteroatoms. The molecule has 1 N–H and O–H groups in total. The van der Waals surface area contributed by atoms with Crippen molar-refractivity contribution < 1.29 is 14.3 Å². The second-order valence-electron chi connectivity index (χ2n) is 6.65. The predicted octanol–water partition coefficient (Wildman–Crippen LogP) is 2.90. The Hall–Kier alpha value is -1.26. The van der Waals surface area contributed by atoms with Crippen molar-refractivity contribution in [3.05, 3.63) is 35.1 Å². The van der Waals surface area contributed by atoms with E-state index in [0.29, 0.717) is 12.1 Å². The lowest BCUT2D eigenvalue weighted by atomic mass is 9.87. The molecular formula is C18H26FNO2. The third-order valence-electron chi connectivity index (χ3n) is 4.51. The standard InChI is InChI=1S/C18H26FNO2/c1-12(2)18(22)16(11-20-8-6-15(21)7-9-20)14-5-4-13(3)17(19)10-14/h4-5,10,12,15-16,21H,6-9,11H2,1-3H3/t16-/m0/s1. The lowest BCUT2D eigenvalue weighted by Crippen LogP contribution is -2.40. The minimum atomic E-state index is -0.301. The number of likely N-dealkylation sites (tertiary alicyclic amines) is 1. The van der Waals surface area contributed by atoms with Crippen molar-refractivity contribution in [3.8, 4) is 0 Å². The van der Waals surface area contributed by atoms with Crippen LogP contribution in [-0.2, 0) is 4.79 Å². The number of hydrogen-bond acceptors (Lipinski definition) is 3. The molecule has 0 aliphatic carbocycles. The number of carbonyl (C=O) groups excluding carboxylic acids is 1. The molecule has 0 saturated carbocycles. The number of rotatable bonds is 5. The van der Waals surface area contributed by atoms with Gasteiger partial charge in [0, 0.05) is 25.6 Å². The van der Waals surface area contributed by atoms with Gasteiger partial charge in [-0.15, -0.1) is 0 Å². The molecule has 3 nitrogen and oxygen atoms in total. The lowest BCUT2D eigenvalue weighted by molar-refractivity contribution is -0.124. The van der Waals surface area contributed by atoms with E-state index in [2.05, 4.69) is 4.90 Å². The Bertz CT molecular complexity index is 522. The fraction of sp³-hybridized carbons (Fsp3) is 0.611. The molecule has 0 aromatic heterocycles. The van der Waals surface area contributed by atoms with E-state index in [4.69, 9.17) is 0 Å². The van der Waals surface area contributed by atoms with Crippen molar-refractivity contribution in [2.24, 2.45) is 5.92 Å². The van der Waals surface area contributed by atoms with Crippen LogP contribution in [0.2, 0.25) is 0 Å². The summed E-state index contributed by atoms with van der Waals surface area (Å²) < 4.78 is 13.9. The SMILES string of the molecule is Cc1ccc([C@H](CN2CCC(O)CC2)C(=O)C(C)C)cc1F. The highest BCUT2D eigenvalue weighted by molar-refractivity contribution is 5.87. The van der Waals surface area contributed by atoms with Crippen LogP contribution in [0.25, 0.3) is 0 Å². The number of aliphatic hydroxyl groups is 1. The summed E-state index contributed by atoms with van der Waals surface area (Å²) >= 11 is 0. The second-order valence-corrected chi connectivity index (χ2v) is 6.65. The highest BCUT2D eigenvalue weighted by Gasteiger charge is 2.27. The monoisotopic (exact) mass is 307 g/mol. The summed E-state index contributed by atoms with van der Waals surface area (Å²) in [5.74, 6) is -0.488. The van der Waals surface area contributed by atoms with Crippen molar-refractivity contribution in [2.75, 3.05) is 19.6 Å². The molecule has 0 unspecified atom stereocenters. The van der Waals surface area contributed by atoms with E-state index in [9.17, 15) is 14.3 Å². The molecule has 0 radical (unpaired) electrons. The Morgan fingerprint density at radius 2 is 2.00 bits per heavy atom. The first-order valence-electron chi connectivity index (χ1n) is 8.08. The van der Waals surface area contributed by atoms with E-state index in [1.807, 2.05) is 19.9 Å². The first-order chi connectivity index (χ1) is 10.4. The summed E-state index contributed by atoms with van der Waals surface area (Å²) in [5.41, 5.74) is 1.36. The van der Waals surface area contributed by atoms with Gasteiger partial charge in [-0.3, -0.25) is 4.79 Å². The number of Topliss-reactive ketones (excluding diaryl/α,β-unsaturated/α-hetero) is 1. The zero-order valence-electron chi connectivity index (χ0n) is 13.7. The van der Waals surface area contributed by atoms with Crippen LogP contribution in [-0.4, -0.2) is 41.5 Å². The average molecular weight is 307 g/mol. The molecule has 1 saturated heterocycles. The third-order valence-corrected chi connectivity index (χ3v) is 4.51. The fourth-order valence-corrected chi connectivity index (χ4v) is 2.95. The summed E-state index contributed by atoms with van der Waals surface area (Å²) in [5, 5.41) is 9.60. The van der Waals surface area contributed by atoms with Crippen LogP contribution in [0.5, 0.6) is 0 Å². The van der Waals surface area contributed by atoms with Gasteiger partial charge in [0.15, 0.2) is 0 Å². The molecule has 1 heterocycles. The van der Waals surface area contributed by atoms with Crippen LogP contribution < -0.4 is 0 Å². The van der Waals surface area contributed by atoms with E-state index in [1.54, 1.807) is 13.0 Å². The van der Waals surface area contributed by atoms with Crippen molar-refractivity contribution in [1.82, 2.24) is 4.90 Å². The Morgan fingerprint density at radius 3 is 2.55 bits per heavy atom. The molecule has 1 fully saturated rings. The molecule has 0 spiro atoms. The quantitative estimate of drug-likeness (QED) is 0.909. The van der Waals surface area contributed by atoms with Gasteiger partial charge in [-0.25, -0.2) is 4.39 Å². The van der Waals surface area contributed by atoms with Crippen molar-refractivity contribution >= 4 is 5.78 Å². The highest BCUT2D eigenvalue weighted by Crippen LogP contribution is 2.25. The molecule has 22 heavy (non-hydrogen) atoms. The largest absolute Gasteiger partial charge is 0.393 e. The van der Waals surface area contributed by atoms with Gasteiger partial charge in [-0.1, -0.05) is 26.0 Å². The van der Waals surface area contributed by atoms with E-state index < -0.39 is 0 Å². The molecule has 1 atom stereocenters. The number of carbonyl (C=O) groups is 1. The summed E-state index contributed by atoms with van der Waals surface area (Å²) in [7, 11) is 0. The molecule has 1 aromatic carbocycles. The summed E-state index contributed by atoms with van der Waals surface area (Å²) in [6, 6.07) is 5.10. The van der Waals surface area contributed by atoms with Crippen LogP contribution in [0.3, 0.4) is 0 Å². The zero-order chi connectivity index (χ0) is 16.3. The minimum Gasteiger partial charge on any atom is -0.393 e. The van der Waals surface area contributed by atoms with Crippen LogP contribution >= 0.6 is 0 Å². The van der Waals surface area contributed by atoms with Crippen LogP contribution in [0.15, 0.2) is 18.2 Å². The molecule has 122 valence electrons. The first-order valence-corrected chi connectivity index (χ1v) is 8.08. The third kappa shape index (κ3) is 4.14. The van der Waals surface area contributed by atoms with Gasteiger partial charge in [-0.05, 0) is 37.0 Å². The van der Waals surface area contributed by atoms with Crippen molar-refractivity contribution in [2.45, 2.75) is 45.6 Å². The molecule has 1 aliphatic heterocycles. The van der Waals surface area contributed by atoms with Gasteiger partial charge in [-0.2, -0.15) is 0 Å². The van der Waals surface area contributed by atoms with Crippen molar-refractivity contribution in [3.63, 3.8) is 0 Å². The van der Waals surface area contributed by atoms with Crippen LogP contribution in [0.4, 0.5) is 4.39 Å². The van der Waals surface area contributed by atoms with E-state index in [1.165, 1.54) is 6.07 Å². The maximum Gasteiger partial charge on any atom is 0.144 e. The number of hydrogen-bond donors (Lipinski definition) is 1. The highest BCUT2D eigenvalue weighted by atomic mass is 19.1. The van der Waals surface area contributed by atoms with Gasteiger partial charge in [0.05, 0.1) is 12.0 Å². The van der Waals surface area contributed by atoms with Crippen LogP contribution in [0.1, 0.15) is 43.7 Å². The molecule has 2 rings (SSSR count). The summed E-state index contributed by atoms with van der Waals surface area (Å²) in [4.78, 5) is 14.8. The number of halogens is 1. The second kappa shape index (κ2) is 7.34. The number of benzene rings is 1. The topological polar surface area (TPSA) is 40.5 Å². The van der Waals surface area contributed by atoms with Gasteiger partial charge in [0.25, 0.3) is 0 Å². The molecule has 0 amide bonds. The van der Waals surface area contributed by atoms with Crippen molar-refractivity contribution in [1.29, 1.82) is 0 Å². The number of nitrogens with zero attached hydrogens (tertiary/aromatic N) is 1. The van der Waals surface area contributed by atoms with E-state index in [-0.39, 0.29) is 29.5 Å². The molecule has 0 bridgehead atoms. The Labute approximate surface area is 132 Å². The summed E-state index contributed by atoms with van der Waals surface area (Å²) in [6.45, 7) is 7.69. The van der Waals surface area contributed by atoms with Crippen LogP contribution in [0, 0.1) is 18.7 Å². The zero-order valence-corrected chi connectivity index (χ0v) is 13.7. The Balaban J connectivity index is 2.19. The molecule has 1 aromatic rings. The maximum atomic E-state index is 13.9. The normalized spacial score (nSPS) is 18.6. The minimum absolute atomic E-state index is 0.0789. The van der Waals surface area contributed by atoms with Gasteiger partial charge < -0.3 is 10.0 Å². The number of ketones is 1. The number of aryl methyl sites for hydroxylation is 1. The lowest BCUT2D eigenvalue weighted by Gasteiger charge is -2.32. The maximum absolute atomic E-state index is 13.9. The number of piperidine rings is 1. The first kappa shape index (κ1) is 17.1.